The van der Waals surface area contributed by atoms with Crippen LogP contribution < -0.4 is 5.32 Å². The number of rotatable bonds is 9. The maximum atomic E-state index is 9.85. The third kappa shape index (κ3) is 4.76. The van der Waals surface area contributed by atoms with Crippen LogP contribution in [0.25, 0.3) is 0 Å². The molecule has 1 fully saturated rings. The van der Waals surface area contributed by atoms with Crippen molar-refractivity contribution in [2.75, 3.05) is 26.0 Å². The van der Waals surface area contributed by atoms with Crippen LogP contribution in [0.1, 0.15) is 24.1 Å². The average molecular weight is 301 g/mol. The van der Waals surface area contributed by atoms with E-state index < -0.39 is 6.10 Å². The molecule has 0 amide bonds. The Balaban J connectivity index is 1.53. The zero-order valence-electron chi connectivity index (χ0n) is 11.4. The number of aliphatic hydroxyl groups is 1. The summed E-state index contributed by atoms with van der Waals surface area (Å²) < 4.78 is 5.93. The van der Waals surface area contributed by atoms with Gasteiger partial charge in [0, 0.05) is 22.7 Å². The molecule has 1 heterocycles. The fourth-order valence-corrected chi connectivity index (χ4v) is 3.82. The molecule has 0 aromatic carbocycles. The highest BCUT2D eigenvalue weighted by Crippen LogP contribution is 2.42. The number of thioether (sulfide) groups is 1. The van der Waals surface area contributed by atoms with Gasteiger partial charge in [-0.1, -0.05) is 12.5 Å². The summed E-state index contributed by atoms with van der Waals surface area (Å²) in [6.07, 6.45) is 5.70. The maximum absolute atomic E-state index is 9.85. The van der Waals surface area contributed by atoms with Crippen LogP contribution in [-0.4, -0.2) is 41.9 Å². The minimum absolute atomic E-state index is 0.400. The van der Waals surface area contributed by atoms with Gasteiger partial charge in [0.1, 0.15) is 0 Å². The van der Waals surface area contributed by atoms with Crippen molar-refractivity contribution in [1.82, 2.24) is 5.32 Å². The summed E-state index contributed by atoms with van der Waals surface area (Å²) >= 11 is 3.64. The summed E-state index contributed by atoms with van der Waals surface area (Å²) in [7, 11) is 0. The summed E-state index contributed by atoms with van der Waals surface area (Å²) in [6.45, 7) is 2.61. The third-order valence-electron chi connectivity index (χ3n) is 3.66. The van der Waals surface area contributed by atoms with Crippen LogP contribution in [0.5, 0.6) is 0 Å². The fraction of sp³-hybridized carbons (Fsp3) is 0.714. The number of hydrogen-bond donors (Lipinski definition) is 2. The van der Waals surface area contributed by atoms with E-state index in [1.165, 1.54) is 24.1 Å². The molecular formula is C14H23NO2S2. The van der Waals surface area contributed by atoms with E-state index in [9.17, 15) is 5.11 Å². The van der Waals surface area contributed by atoms with Crippen molar-refractivity contribution in [3.63, 3.8) is 0 Å². The Morgan fingerprint density at radius 2 is 2.42 bits per heavy atom. The molecule has 1 aromatic heterocycles. The van der Waals surface area contributed by atoms with E-state index in [0.29, 0.717) is 24.5 Å². The molecular weight excluding hydrogens is 278 g/mol. The lowest BCUT2D eigenvalue weighted by Crippen LogP contribution is -2.45. The molecule has 5 heteroatoms. The van der Waals surface area contributed by atoms with Gasteiger partial charge in [-0.3, -0.25) is 0 Å². The van der Waals surface area contributed by atoms with Gasteiger partial charge in [-0.2, -0.15) is 11.8 Å². The van der Waals surface area contributed by atoms with Gasteiger partial charge in [0.25, 0.3) is 0 Å². The van der Waals surface area contributed by atoms with Crippen LogP contribution in [0, 0.1) is 0 Å². The van der Waals surface area contributed by atoms with E-state index in [2.05, 4.69) is 11.6 Å². The van der Waals surface area contributed by atoms with Crippen molar-refractivity contribution in [2.24, 2.45) is 0 Å². The van der Waals surface area contributed by atoms with Gasteiger partial charge in [-0.15, -0.1) is 11.3 Å². The standard InChI is InChI=1S/C14H23NO2S2/c1-18-14(5-3-6-14)11-15-8-12(16)9-17-10-13-4-2-7-19-13/h2,4,7,12,15-16H,3,5-6,8-11H2,1H3. The second-order valence-electron chi connectivity index (χ2n) is 5.12. The summed E-state index contributed by atoms with van der Waals surface area (Å²) in [5, 5.41) is 15.3. The minimum Gasteiger partial charge on any atom is -0.389 e. The normalized spacial score (nSPS) is 19.1. The number of aliphatic hydroxyl groups excluding tert-OH is 1. The lowest BCUT2D eigenvalue weighted by Gasteiger charge is -2.40. The topological polar surface area (TPSA) is 41.5 Å². The van der Waals surface area contributed by atoms with E-state index in [4.69, 9.17) is 4.74 Å². The fourth-order valence-electron chi connectivity index (χ4n) is 2.24. The smallest absolute Gasteiger partial charge is 0.0897 e. The summed E-state index contributed by atoms with van der Waals surface area (Å²) in [5.41, 5.74) is 0. The van der Waals surface area contributed by atoms with Crippen molar-refractivity contribution >= 4 is 23.1 Å². The first-order chi connectivity index (χ1) is 9.24. The molecule has 108 valence electrons. The van der Waals surface area contributed by atoms with Crippen molar-refractivity contribution in [3.05, 3.63) is 22.4 Å². The number of hydrogen-bond acceptors (Lipinski definition) is 5. The minimum atomic E-state index is -0.418. The molecule has 1 unspecified atom stereocenters. The predicted octanol–water partition coefficient (Wildman–Crippen LogP) is 2.50. The molecule has 2 N–H and O–H groups in total. The first kappa shape index (κ1) is 15.3. The zero-order valence-corrected chi connectivity index (χ0v) is 13.1. The predicted molar refractivity (Wildman–Crippen MR) is 82.9 cm³/mol. The molecule has 3 nitrogen and oxygen atoms in total. The Morgan fingerprint density at radius 3 is 3.00 bits per heavy atom. The van der Waals surface area contributed by atoms with Gasteiger partial charge >= 0.3 is 0 Å². The van der Waals surface area contributed by atoms with E-state index in [1.54, 1.807) is 11.3 Å². The number of ether oxygens (including phenoxy) is 1. The third-order valence-corrected chi connectivity index (χ3v) is 5.93. The Bertz CT molecular complexity index is 347. The second kappa shape index (κ2) is 7.64. The van der Waals surface area contributed by atoms with Gasteiger partial charge in [-0.25, -0.2) is 0 Å². The highest BCUT2D eigenvalue weighted by atomic mass is 32.2. The molecule has 19 heavy (non-hydrogen) atoms. The second-order valence-corrected chi connectivity index (χ2v) is 7.43. The molecule has 0 radical (unpaired) electrons. The maximum Gasteiger partial charge on any atom is 0.0897 e. The Labute approximate surface area is 123 Å². The van der Waals surface area contributed by atoms with Gasteiger partial charge in [0.05, 0.1) is 19.3 Å². The molecule has 1 atom stereocenters. The number of nitrogens with one attached hydrogen (secondary N) is 1. The Kier molecular flexibility index (Phi) is 6.16. The Morgan fingerprint density at radius 1 is 1.58 bits per heavy atom. The molecule has 1 saturated carbocycles. The quantitative estimate of drug-likeness (QED) is 0.735. The van der Waals surface area contributed by atoms with Gasteiger partial charge in [0.15, 0.2) is 0 Å². The van der Waals surface area contributed by atoms with E-state index in [0.717, 1.165) is 6.54 Å². The molecule has 0 saturated heterocycles. The first-order valence-electron chi connectivity index (χ1n) is 6.78. The van der Waals surface area contributed by atoms with Gasteiger partial charge < -0.3 is 15.2 Å². The first-order valence-corrected chi connectivity index (χ1v) is 8.89. The van der Waals surface area contributed by atoms with Crippen LogP contribution in [-0.2, 0) is 11.3 Å². The van der Waals surface area contributed by atoms with Crippen LogP contribution in [0.3, 0.4) is 0 Å². The van der Waals surface area contributed by atoms with Crippen molar-refractivity contribution in [3.8, 4) is 0 Å². The van der Waals surface area contributed by atoms with E-state index in [1.807, 2.05) is 29.3 Å². The summed E-state index contributed by atoms with van der Waals surface area (Å²) in [6, 6.07) is 4.07. The van der Waals surface area contributed by atoms with Gasteiger partial charge in [0.2, 0.25) is 0 Å². The number of thiophene rings is 1. The zero-order chi connectivity index (χ0) is 13.6. The Hall–Kier alpha value is -0.0700. The van der Waals surface area contributed by atoms with Crippen LogP contribution in [0.2, 0.25) is 0 Å². The molecule has 0 spiro atoms. The van der Waals surface area contributed by atoms with Crippen molar-refractivity contribution in [1.29, 1.82) is 0 Å². The van der Waals surface area contributed by atoms with E-state index in [-0.39, 0.29) is 0 Å². The highest BCUT2D eigenvalue weighted by Gasteiger charge is 2.35. The van der Waals surface area contributed by atoms with E-state index >= 15 is 0 Å². The summed E-state index contributed by atoms with van der Waals surface area (Å²) in [4.78, 5) is 1.20. The van der Waals surface area contributed by atoms with Crippen LogP contribution in [0.4, 0.5) is 0 Å². The lowest BCUT2D eigenvalue weighted by molar-refractivity contribution is 0.0294. The molecule has 1 aromatic rings. The molecule has 2 rings (SSSR count). The largest absolute Gasteiger partial charge is 0.389 e. The van der Waals surface area contributed by atoms with Crippen molar-refractivity contribution < 1.29 is 9.84 Å². The molecule has 1 aliphatic rings. The SMILES string of the molecule is CSC1(CNCC(O)COCc2cccs2)CCC1. The summed E-state index contributed by atoms with van der Waals surface area (Å²) in [5.74, 6) is 0. The van der Waals surface area contributed by atoms with Gasteiger partial charge in [-0.05, 0) is 30.5 Å². The molecule has 0 aliphatic heterocycles. The highest BCUT2D eigenvalue weighted by molar-refractivity contribution is 8.00. The monoisotopic (exact) mass is 301 g/mol. The lowest BCUT2D eigenvalue weighted by atomic mass is 9.84. The average Bonchev–Trinajstić information content (AvgIpc) is 2.86. The van der Waals surface area contributed by atoms with Crippen LogP contribution in [0.15, 0.2) is 17.5 Å². The van der Waals surface area contributed by atoms with Crippen LogP contribution >= 0.6 is 23.1 Å². The van der Waals surface area contributed by atoms with Crippen molar-refractivity contribution in [2.45, 2.75) is 36.7 Å². The molecule has 0 bridgehead atoms. The molecule has 1 aliphatic carbocycles.